The van der Waals surface area contributed by atoms with Crippen LogP contribution in [0.5, 0.6) is 5.88 Å². The Morgan fingerprint density at radius 2 is 2.03 bits per heavy atom. The van der Waals surface area contributed by atoms with Gasteiger partial charge in [0.2, 0.25) is 11.8 Å². The highest BCUT2D eigenvalue weighted by atomic mass is 16.5. The molecule has 2 fully saturated rings. The average molecular weight is 406 g/mol. The van der Waals surface area contributed by atoms with Gasteiger partial charge in [0.15, 0.2) is 0 Å². The fraction of sp³-hybridized carbons (Fsp3) is 0.455. The first-order valence-corrected chi connectivity index (χ1v) is 10.5. The summed E-state index contributed by atoms with van der Waals surface area (Å²) in [4.78, 5) is 26.6. The first kappa shape index (κ1) is 19.0. The second-order valence-electron chi connectivity index (χ2n) is 8.14. The average Bonchev–Trinajstić information content (AvgIpc) is 3.28. The van der Waals surface area contributed by atoms with Gasteiger partial charge >= 0.3 is 0 Å². The summed E-state index contributed by atoms with van der Waals surface area (Å²) in [5.74, 6) is 1.27. The van der Waals surface area contributed by atoms with E-state index in [-0.39, 0.29) is 5.91 Å². The van der Waals surface area contributed by atoms with E-state index in [0.717, 1.165) is 55.0 Å². The topological polar surface area (TPSA) is 87.2 Å². The number of carbonyl (C=O) groups is 1. The zero-order chi connectivity index (χ0) is 20.5. The number of nitrogens with one attached hydrogen (secondary N) is 1. The summed E-state index contributed by atoms with van der Waals surface area (Å²) < 4.78 is 5.42. The number of rotatable bonds is 6. The molecule has 0 radical (unpaired) electrons. The molecule has 5 rings (SSSR count). The molecule has 2 aliphatic rings. The third kappa shape index (κ3) is 3.63. The van der Waals surface area contributed by atoms with E-state index in [1.807, 2.05) is 35.2 Å². The number of aromatic nitrogens is 4. The molecule has 2 atom stereocenters. The van der Waals surface area contributed by atoms with E-state index in [4.69, 9.17) is 4.74 Å². The number of benzene rings is 1. The Morgan fingerprint density at radius 3 is 2.77 bits per heavy atom. The van der Waals surface area contributed by atoms with Crippen molar-refractivity contribution < 1.29 is 9.53 Å². The Kier molecular flexibility index (Phi) is 5.08. The summed E-state index contributed by atoms with van der Waals surface area (Å²) in [6.45, 7) is 3.62. The van der Waals surface area contributed by atoms with E-state index < -0.39 is 0 Å². The van der Waals surface area contributed by atoms with Gasteiger partial charge in [0.25, 0.3) is 0 Å². The number of piperidine rings is 1. The Hall–Kier alpha value is -3.00. The predicted molar refractivity (Wildman–Crippen MR) is 112 cm³/mol. The molecule has 8 nitrogen and oxygen atoms in total. The number of aromatic amines is 1. The summed E-state index contributed by atoms with van der Waals surface area (Å²) in [7, 11) is 1.60. The highest BCUT2D eigenvalue weighted by Crippen LogP contribution is 2.33. The summed E-state index contributed by atoms with van der Waals surface area (Å²) in [6, 6.07) is 10.3. The van der Waals surface area contributed by atoms with Crippen LogP contribution in [0.4, 0.5) is 0 Å². The summed E-state index contributed by atoms with van der Waals surface area (Å²) in [6.07, 6.45) is 3.79. The van der Waals surface area contributed by atoms with Gasteiger partial charge in [-0.25, -0.2) is 9.97 Å². The van der Waals surface area contributed by atoms with Crippen LogP contribution >= 0.6 is 0 Å². The molecule has 8 heteroatoms. The van der Waals surface area contributed by atoms with E-state index in [2.05, 4.69) is 25.1 Å². The molecule has 1 amide bonds. The largest absolute Gasteiger partial charge is 0.480 e. The minimum absolute atomic E-state index is 0.192. The molecule has 0 unspecified atom stereocenters. The quantitative estimate of drug-likeness (QED) is 0.674. The van der Waals surface area contributed by atoms with Crippen molar-refractivity contribution in [2.45, 2.75) is 31.8 Å². The fourth-order valence-corrected chi connectivity index (χ4v) is 4.71. The van der Waals surface area contributed by atoms with Crippen molar-refractivity contribution in [1.82, 2.24) is 30.0 Å². The number of fused-ring (bicyclic) bond motifs is 2. The lowest BCUT2D eigenvalue weighted by Gasteiger charge is -2.53. The molecular formula is C22H26N6O2. The van der Waals surface area contributed by atoms with Crippen molar-refractivity contribution in [3.8, 4) is 5.88 Å². The molecule has 4 heterocycles. The van der Waals surface area contributed by atoms with Crippen LogP contribution in [0.2, 0.25) is 0 Å². The number of hydrogen-bond acceptors (Lipinski definition) is 6. The Bertz CT molecular complexity index is 1040. The minimum Gasteiger partial charge on any atom is -0.480 e. The molecule has 0 bridgehead atoms. The zero-order valence-corrected chi connectivity index (χ0v) is 17.1. The lowest BCUT2D eigenvalue weighted by atomic mass is 9.82. The molecular weight excluding hydrogens is 380 g/mol. The predicted octanol–water partition coefficient (Wildman–Crippen LogP) is 2.03. The second-order valence-corrected chi connectivity index (χ2v) is 8.14. The minimum atomic E-state index is 0.192. The summed E-state index contributed by atoms with van der Waals surface area (Å²) >= 11 is 0. The smallest absolute Gasteiger partial charge is 0.235 e. The zero-order valence-electron chi connectivity index (χ0n) is 17.1. The number of amides is 1. The van der Waals surface area contributed by atoms with E-state index in [0.29, 0.717) is 30.7 Å². The second kappa shape index (κ2) is 8.02. The molecule has 2 saturated heterocycles. The molecule has 2 aliphatic heterocycles. The number of likely N-dealkylation sites (tertiary alicyclic amines) is 2. The van der Waals surface area contributed by atoms with Crippen LogP contribution in [0.3, 0.4) is 0 Å². The van der Waals surface area contributed by atoms with E-state index in [1.54, 1.807) is 13.3 Å². The molecule has 2 aromatic heterocycles. The molecule has 1 aromatic carbocycles. The Morgan fingerprint density at radius 1 is 1.20 bits per heavy atom. The maximum atomic E-state index is 12.9. The third-order valence-electron chi connectivity index (χ3n) is 6.29. The van der Waals surface area contributed by atoms with Gasteiger partial charge in [-0.2, -0.15) is 5.10 Å². The van der Waals surface area contributed by atoms with Crippen LogP contribution in [-0.2, 0) is 17.8 Å². The van der Waals surface area contributed by atoms with Gasteiger partial charge in [0.1, 0.15) is 5.69 Å². The van der Waals surface area contributed by atoms with E-state index in [9.17, 15) is 4.79 Å². The van der Waals surface area contributed by atoms with Crippen LogP contribution in [0.1, 0.15) is 24.2 Å². The number of para-hydroxylation sites is 2. The van der Waals surface area contributed by atoms with Crippen molar-refractivity contribution in [3.63, 3.8) is 0 Å². The number of hydrogen-bond donors (Lipinski definition) is 1. The van der Waals surface area contributed by atoms with Gasteiger partial charge in [0, 0.05) is 62.9 Å². The molecule has 30 heavy (non-hydrogen) atoms. The number of methoxy groups -OCH3 is 1. The maximum Gasteiger partial charge on any atom is 0.235 e. The molecule has 3 aromatic rings. The highest BCUT2D eigenvalue weighted by Gasteiger charge is 2.43. The highest BCUT2D eigenvalue weighted by molar-refractivity contribution is 5.77. The molecule has 0 spiro atoms. The summed E-state index contributed by atoms with van der Waals surface area (Å²) in [5, 5.41) is 7.06. The van der Waals surface area contributed by atoms with Crippen LogP contribution in [-0.4, -0.2) is 68.7 Å². The Labute approximate surface area is 175 Å². The summed E-state index contributed by atoms with van der Waals surface area (Å²) in [5.41, 5.74) is 3.52. The van der Waals surface area contributed by atoms with Gasteiger partial charge in [-0.3, -0.25) is 14.8 Å². The van der Waals surface area contributed by atoms with Crippen molar-refractivity contribution in [1.29, 1.82) is 0 Å². The fourth-order valence-electron chi connectivity index (χ4n) is 4.71. The van der Waals surface area contributed by atoms with Gasteiger partial charge in [-0.1, -0.05) is 12.1 Å². The van der Waals surface area contributed by atoms with Crippen LogP contribution in [0.15, 0.2) is 36.5 Å². The van der Waals surface area contributed by atoms with E-state index in [1.165, 1.54) is 0 Å². The number of H-pyrrole nitrogens is 1. The van der Waals surface area contributed by atoms with Crippen molar-refractivity contribution in [2.24, 2.45) is 5.92 Å². The molecule has 0 saturated carbocycles. The number of carbonyl (C=O) groups excluding carboxylic acids is 1. The SMILES string of the molecule is COc1nc2ccccc2nc1CCC(=O)N1CC[C@H]2[C@@H](C1)CN2Cc1ccn[nH]1. The van der Waals surface area contributed by atoms with Crippen molar-refractivity contribution >= 4 is 16.9 Å². The third-order valence-corrected chi connectivity index (χ3v) is 6.29. The first-order chi connectivity index (χ1) is 14.7. The van der Waals surface area contributed by atoms with Gasteiger partial charge < -0.3 is 9.64 Å². The maximum absolute atomic E-state index is 12.9. The van der Waals surface area contributed by atoms with Crippen molar-refractivity contribution in [2.75, 3.05) is 26.7 Å². The number of nitrogens with zero attached hydrogens (tertiary/aromatic N) is 5. The standard InChI is InChI=1S/C22H26N6O2/c1-30-22-19(24-17-4-2-3-5-18(17)25-22)6-7-21(29)27-11-9-20-15(12-27)13-28(20)14-16-8-10-23-26-16/h2-5,8,10,15,20H,6-7,9,11-14H2,1H3,(H,23,26)/t15-,20-/m0/s1. The van der Waals surface area contributed by atoms with Crippen LogP contribution in [0.25, 0.3) is 11.0 Å². The van der Waals surface area contributed by atoms with Gasteiger partial charge in [-0.05, 0) is 24.6 Å². The number of ether oxygens (including phenoxy) is 1. The van der Waals surface area contributed by atoms with Crippen molar-refractivity contribution in [3.05, 3.63) is 47.9 Å². The van der Waals surface area contributed by atoms with Crippen LogP contribution in [0, 0.1) is 5.92 Å². The Balaban J connectivity index is 1.17. The van der Waals surface area contributed by atoms with Gasteiger partial charge in [-0.15, -0.1) is 0 Å². The monoisotopic (exact) mass is 406 g/mol. The van der Waals surface area contributed by atoms with Gasteiger partial charge in [0.05, 0.1) is 18.1 Å². The number of aryl methyl sites for hydroxylation is 1. The lowest BCUT2D eigenvalue weighted by molar-refractivity contribution is -0.138. The van der Waals surface area contributed by atoms with Crippen LogP contribution < -0.4 is 4.74 Å². The van der Waals surface area contributed by atoms with E-state index >= 15 is 0 Å². The first-order valence-electron chi connectivity index (χ1n) is 10.5. The lowest BCUT2D eigenvalue weighted by Crippen LogP contribution is -2.63. The molecule has 156 valence electrons. The normalized spacial score (nSPS) is 21.3. The molecule has 0 aliphatic carbocycles. The molecule has 1 N–H and O–H groups in total.